The van der Waals surface area contributed by atoms with Gasteiger partial charge in [-0.1, -0.05) is 32.8 Å². The van der Waals surface area contributed by atoms with E-state index >= 15 is 0 Å². The van der Waals surface area contributed by atoms with Gasteiger partial charge in [0.1, 0.15) is 0 Å². The Kier molecular flexibility index (Phi) is 6.65. The molecule has 0 bridgehead atoms. The topological polar surface area (TPSA) is 42.2 Å². The molecule has 2 rings (SSSR count). The lowest BCUT2D eigenvalue weighted by Gasteiger charge is -2.38. The minimum atomic E-state index is 0.426. The fourth-order valence-electron chi connectivity index (χ4n) is 3.41. The Balaban J connectivity index is 2.02. The van der Waals surface area contributed by atoms with E-state index in [0.29, 0.717) is 12.1 Å². The van der Waals surface area contributed by atoms with Gasteiger partial charge in [-0.25, -0.2) is 0 Å². The highest BCUT2D eigenvalue weighted by Gasteiger charge is 2.25. The second-order valence-corrected chi connectivity index (χ2v) is 6.54. The maximum atomic E-state index is 6.07. The van der Waals surface area contributed by atoms with Gasteiger partial charge in [-0.15, -0.1) is 0 Å². The van der Waals surface area contributed by atoms with Crippen molar-refractivity contribution in [3.8, 4) is 0 Å². The van der Waals surface area contributed by atoms with E-state index in [1.165, 1.54) is 50.6 Å². The maximum absolute atomic E-state index is 6.07. The number of aromatic nitrogens is 1. The van der Waals surface area contributed by atoms with Gasteiger partial charge in [0, 0.05) is 37.6 Å². The zero-order valence-electron chi connectivity index (χ0n) is 13.7. The van der Waals surface area contributed by atoms with Gasteiger partial charge in [-0.3, -0.25) is 9.88 Å². The second kappa shape index (κ2) is 8.50. The first kappa shape index (κ1) is 16.4. The summed E-state index contributed by atoms with van der Waals surface area (Å²) in [6.45, 7) is 6.87. The maximum Gasteiger partial charge on any atom is 0.0312 e. The van der Waals surface area contributed by atoms with Crippen molar-refractivity contribution in [2.75, 3.05) is 6.54 Å². The molecule has 2 N–H and O–H groups in total. The van der Waals surface area contributed by atoms with Crippen LogP contribution in [0.2, 0.25) is 0 Å². The van der Waals surface area contributed by atoms with Crippen molar-refractivity contribution < 1.29 is 0 Å². The molecule has 1 saturated carbocycles. The van der Waals surface area contributed by atoms with Crippen LogP contribution >= 0.6 is 0 Å². The number of hydrogen-bond acceptors (Lipinski definition) is 3. The largest absolute Gasteiger partial charge is 0.328 e. The summed E-state index contributed by atoms with van der Waals surface area (Å²) in [7, 11) is 0. The van der Waals surface area contributed by atoms with Crippen LogP contribution in [0.4, 0.5) is 0 Å². The summed E-state index contributed by atoms with van der Waals surface area (Å²) >= 11 is 0. The van der Waals surface area contributed by atoms with Crippen LogP contribution in [0.25, 0.3) is 0 Å². The van der Waals surface area contributed by atoms with Crippen LogP contribution in [0.1, 0.15) is 57.9 Å². The molecule has 21 heavy (non-hydrogen) atoms. The molecule has 3 nitrogen and oxygen atoms in total. The molecule has 0 aromatic carbocycles. The molecule has 1 aliphatic carbocycles. The SMILES string of the molecule is CCC(CC)CN(Cc1cccnc1)C1CCC(N)CC1. The van der Waals surface area contributed by atoms with Gasteiger partial charge in [0.05, 0.1) is 0 Å². The lowest BCUT2D eigenvalue weighted by Crippen LogP contribution is -2.42. The number of nitrogens with zero attached hydrogens (tertiary/aromatic N) is 2. The van der Waals surface area contributed by atoms with Crippen molar-refractivity contribution >= 4 is 0 Å². The average molecular weight is 289 g/mol. The molecule has 1 fully saturated rings. The zero-order valence-corrected chi connectivity index (χ0v) is 13.7. The Labute approximate surface area is 129 Å². The van der Waals surface area contributed by atoms with Crippen LogP contribution in [-0.2, 0) is 6.54 Å². The van der Waals surface area contributed by atoms with E-state index in [-0.39, 0.29) is 0 Å². The predicted octanol–water partition coefficient (Wildman–Crippen LogP) is 3.59. The number of pyridine rings is 1. The average Bonchev–Trinajstić information content (AvgIpc) is 2.53. The van der Waals surface area contributed by atoms with Gasteiger partial charge in [-0.2, -0.15) is 0 Å². The van der Waals surface area contributed by atoms with Crippen LogP contribution in [0.5, 0.6) is 0 Å². The fraction of sp³-hybridized carbons (Fsp3) is 0.722. The molecule has 3 heteroatoms. The molecule has 0 atom stereocenters. The predicted molar refractivity (Wildman–Crippen MR) is 89.0 cm³/mol. The summed E-state index contributed by atoms with van der Waals surface area (Å²) < 4.78 is 0. The monoisotopic (exact) mass is 289 g/mol. The van der Waals surface area contributed by atoms with E-state index in [1.807, 2.05) is 18.5 Å². The van der Waals surface area contributed by atoms with Crippen molar-refractivity contribution in [3.63, 3.8) is 0 Å². The standard InChI is InChI=1S/C18H31N3/c1-3-15(4-2)13-21(14-16-6-5-11-20-12-16)18-9-7-17(19)8-10-18/h5-6,11-12,15,17-18H,3-4,7-10,13-14,19H2,1-2H3. The Morgan fingerprint density at radius 3 is 2.52 bits per heavy atom. The number of rotatable bonds is 7. The molecule has 0 unspecified atom stereocenters. The third kappa shape index (κ3) is 5.08. The van der Waals surface area contributed by atoms with E-state index in [9.17, 15) is 0 Å². The normalized spacial score (nSPS) is 22.9. The number of nitrogens with two attached hydrogens (primary N) is 1. The van der Waals surface area contributed by atoms with Gasteiger partial charge in [0.15, 0.2) is 0 Å². The highest BCUT2D eigenvalue weighted by atomic mass is 15.2. The molecule has 1 aliphatic rings. The van der Waals surface area contributed by atoms with Gasteiger partial charge in [0.25, 0.3) is 0 Å². The van der Waals surface area contributed by atoms with Crippen molar-refractivity contribution in [2.45, 2.75) is 71.0 Å². The van der Waals surface area contributed by atoms with E-state index in [1.54, 1.807) is 0 Å². The van der Waals surface area contributed by atoms with Crippen LogP contribution < -0.4 is 5.73 Å². The minimum Gasteiger partial charge on any atom is -0.328 e. The third-order valence-electron chi connectivity index (χ3n) is 5.01. The number of hydrogen-bond donors (Lipinski definition) is 1. The van der Waals surface area contributed by atoms with Crippen LogP contribution in [0.3, 0.4) is 0 Å². The highest BCUT2D eigenvalue weighted by Crippen LogP contribution is 2.25. The summed E-state index contributed by atoms with van der Waals surface area (Å²) in [6, 6.07) is 5.36. The quantitative estimate of drug-likeness (QED) is 0.834. The fourth-order valence-corrected chi connectivity index (χ4v) is 3.41. The van der Waals surface area contributed by atoms with E-state index in [0.717, 1.165) is 12.5 Å². The molecule has 1 aromatic heterocycles. The lowest BCUT2D eigenvalue weighted by atomic mass is 9.89. The Morgan fingerprint density at radius 2 is 1.95 bits per heavy atom. The van der Waals surface area contributed by atoms with E-state index < -0.39 is 0 Å². The van der Waals surface area contributed by atoms with E-state index in [2.05, 4.69) is 29.8 Å². The summed E-state index contributed by atoms with van der Waals surface area (Å²) in [5.41, 5.74) is 7.41. The first-order valence-electron chi connectivity index (χ1n) is 8.61. The molecule has 0 aliphatic heterocycles. The smallest absolute Gasteiger partial charge is 0.0312 e. The van der Waals surface area contributed by atoms with Gasteiger partial charge >= 0.3 is 0 Å². The summed E-state index contributed by atoms with van der Waals surface area (Å²) in [5, 5.41) is 0. The molecule has 0 radical (unpaired) electrons. The van der Waals surface area contributed by atoms with Crippen LogP contribution in [0.15, 0.2) is 24.5 Å². The van der Waals surface area contributed by atoms with Gasteiger partial charge in [0.2, 0.25) is 0 Å². The van der Waals surface area contributed by atoms with Crippen molar-refractivity contribution in [1.29, 1.82) is 0 Å². The van der Waals surface area contributed by atoms with Crippen LogP contribution in [0, 0.1) is 5.92 Å². The van der Waals surface area contributed by atoms with Crippen molar-refractivity contribution in [1.82, 2.24) is 9.88 Å². The molecule has 0 spiro atoms. The Bertz CT molecular complexity index is 381. The molecule has 1 aromatic rings. The lowest BCUT2D eigenvalue weighted by molar-refractivity contribution is 0.117. The molecule has 118 valence electrons. The molecule has 1 heterocycles. The molecule has 0 amide bonds. The second-order valence-electron chi connectivity index (χ2n) is 6.54. The molecular weight excluding hydrogens is 258 g/mol. The minimum absolute atomic E-state index is 0.426. The van der Waals surface area contributed by atoms with Crippen LogP contribution in [-0.4, -0.2) is 28.5 Å². The first-order chi connectivity index (χ1) is 10.2. The summed E-state index contributed by atoms with van der Waals surface area (Å²) in [5.74, 6) is 0.803. The van der Waals surface area contributed by atoms with Gasteiger partial charge < -0.3 is 5.73 Å². The summed E-state index contributed by atoms with van der Waals surface area (Å²) in [6.07, 6.45) is 11.3. The van der Waals surface area contributed by atoms with Crippen molar-refractivity contribution in [2.24, 2.45) is 11.7 Å². The third-order valence-corrected chi connectivity index (χ3v) is 5.01. The van der Waals surface area contributed by atoms with Gasteiger partial charge in [-0.05, 0) is 43.2 Å². The highest BCUT2D eigenvalue weighted by molar-refractivity contribution is 5.08. The first-order valence-corrected chi connectivity index (χ1v) is 8.61. The van der Waals surface area contributed by atoms with E-state index in [4.69, 9.17) is 5.73 Å². The zero-order chi connectivity index (χ0) is 15.1. The summed E-state index contributed by atoms with van der Waals surface area (Å²) in [4.78, 5) is 6.96. The molecule has 0 saturated heterocycles. The Hall–Kier alpha value is -0.930. The Morgan fingerprint density at radius 1 is 1.24 bits per heavy atom. The van der Waals surface area contributed by atoms with Crippen molar-refractivity contribution in [3.05, 3.63) is 30.1 Å². The molecular formula is C18H31N3.